The van der Waals surface area contributed by atoms with Crippen LogP contribution < -0.4 is 14.8 Å². The number of piperidine rings is 1. The van der Waals surface area contributed by atoms with Crippen molar-refractivity contribution in [2.75, 3.05) is 40.9 Å². The fourth-order valence-electron chi connectivity index (χ4n) is 2.73. The maximum absolute atomic E-state index is 5.27. The Morgan fingerprint density at radius 2 is 2.00 bits per heavy atom. The normalized spacial score (nSPS) is 19.9. The molecule has 0 saturated carbocycles. The van der Waals surface area contributed by atoms with Crippen molar-refractivity contribution in [2.45, 2.75) is 19.4 Å². The number of nitrogens with zero attached hydrogens (tertiary/aromatic N) is 3. The fourth-order valence-corrected chi connectivity index (χ4v) is 2.73. The van der Waals surface area contributed by atoms with Crippen LogP contribution in [0.4, 0.5) is 0 Å². The number of rotatable bonds is 6. The van der Waals surface area contributed by atoms with Gasteiger partial charge in [-0.3, -0.25) is 0 Å². The molecule has 0 spiro atoms. The van der Waals surface area contributed by atoms with Gasteiger partial charge < -0.3 is 19.7 Å². The maximum atomic E-state index is 5.27. The second-order valence-electron chi connectivity index (χ2n) is 5.27. The van der Waals surface area contributed by atoms with E-state index in [1.54, 1.807) is 14.2 Å². The SMILES string of the molecule is COc1ncnc(OC)c1CNCC1CCCN(C)C1. The van der Waals surface area contributed by atoms with Crippen LogP contribution in [0.15, 0.2) is 6.33 Å². The van der Waals surface area contributed by atoms with Crippen molar-refractivity contribution in [1.82, 2.24) is 20.2 Å². The van der Waals surface area contributed by atoms with E-state index in [1.165, 1.54) is 25.7 Å². The zero-order valence-corrected chi connectivity index (χ0v) is 12.6. The van der Waals surface area contributed by atoms with E-state index in [9.17, 15) is 0 Å². The topological polar surface area (TPSA) is 59.5 Å². The molecule has 1 unspecified atom stereocenters. The number of likely N-dealkylation sites (tertiary alicyclic amines) is 1. The highest BCUT2D eigenvalue weighted by atomic mass is 16.5. The van der Waals surface area contributed by atoms with E-state index >= 15 is 0 Å². The van der Waals surface area contributed by atoms with Gasteiger partial charge in [0.25, 0.3) is 0 Å². The number of nitrogens with one attached hydrogen (secondary N) is 1. The van der Waals surface area contributed by atoms with Crippen molar-refractivity contribution >= 4 is 0 Å². The van der Waals surface area contributed by atoms with Crippen LogP contribution in [-0.4, -0.2) is 55.8 Å². The molecule has 0 bridgehead atoms. The molecule has 6 heteroatoms. The molecule has 0 aromatic carbocycles. The van der Waals surface area contributed by atoms with Crippen LogP contribution in [0.5, 0.6) is 11.8 Å². The van der Waals surface area contributed by atoms with Crippen LogP contribution in [0.2, 0.25) is 0 Å². The Bertz CT molecular complexity index is 405. The molecule has 1 atom stereocenters. The molecule has 0 amide bonds. The molecule has 1 aromatic heterocycles. The first kappa shape index (κ1) is 15.0. The van der Waals surface area contributed by atoms with E-state index in [-0.39, 0.29) is 0 Å². The summed E-state index contributed by atoms with van der Waals surface area (Å²) in [5.41, 5.74) is 0.877. The Labute approximate surface area is 120 Å². The van der Waals surface area contributed by atoms with Gasteiger partial charge in [-0.25, -0.2) is 9.97 Å². The number of ether oxygens (including phenoxy) is 2. The van der Waals surface area contributed by atoms with Gasteiger partial charge in [-0.15, -0.1) is 0 Å². The summed E-state index contributed by atoms with van der Waals surface area (Å²) in [4.78, 5) is 10.6. The largest absolute Gasteiger partial charge is 0.481 e. The van der Waals surface area contributed by atoms with E-state index < -0.39 is 0 Å². The van der Waals surface area contributed by atoms with Crippen molar-refractivity contribution in [1.29, 1.82) is 0 Å². The van der Waals surface area contributed by atoms with E-state index in [1.807, 2.05) is 0 Å². The second kappa shape index (κ2) is 7.40. The molecule has 6 nitrogen and oxygen atoms in total. The lowest BCUT2D eigenvalue weighted by atomic mass is 9.98. The predicted molar refractivity (Wildman–Crippen MR) is 77.1 cm³/mol. The standard InChI is InChI=1S/C14H24N4O2/c1-18-6-4-5-11(9-18)7-15-8-12-13(19-2)16-10-17-14(12)20-3/h10-11,15H,4-9H2,1-3H3. The molecular formula is C14H24N4O2. The summed E-state index contributed by atoms with van der Waals surface area (Å²) in [5.74, 6) is 1.85. The predicted octanol–water partition coefficient (Wildman–Crippen LogP) is 0.925. The van der Waals surface area contributed by atoms with Crippen molar-refractivity contribution in [3.05, 3.63) is 11.9 Å². The molecule has 20 heavy (non-hydrogen) atoms. The van der Waals surface area contributed by atoms with Gasteiger partial charge in [0.2, 0.25) is 11.8 Å². The number of aromatic nitrogens is 2. The van der Waals surface area contributed by atoms with Gasteiger partial charge in [0.1, 0.15) is 6.33 Å². The Morgan fingerprint density at radius 1 is 1.30 bits per heavy atom. The summed E-state index contributed by atoms with van der Waals surface area (Å²) < 4.78 is 10.5. The van der Waals surface area contributed by atoms with E-state index in [4.69, 9.17) is 9.47 Å². The van der Waals surface area contributed by atoms with Gasteiger partial charge in [0.15, 0.2) is 0 Å². The number of hydrogen-bond donors (Lipinski definition) is 1. The van der Waals surface area contributed by atoms with Crippen molar-refractivity contribution in [3.63, 3.8) is 0 Å². The lowest BCUT2D eigenvalue weighted by Crippen LogP contribution is -2.37. The highest BCUT2D eigenvalue weighted by Gasteiger charge is 2.18. The summed E-state index contributed by atoms with van der Waals surface area (Å²) in [7, 11) is 5.41. The molecule has 0 radical (unpaired) electrons. The average molecular weight is 280 g/mol. The van der Waals surface area contributed by atoms with Gasteiger partial charge in [-0.1, -0.05) is 0 Å². The smallest absolute Gasteiger partial charge is 0.224 e. The second-order valence-corrected chi connectivity index (χ2v) is 5.27. The molecule has 112 valence electrons. The minimum atomic E-state index is 0.574. The van der Waals surface area contributed by atoms with Crippen molar-refractivity contribution in [3.8, 4) is 11.8 Å². The molecule has 1 aromatic rings. The maximum Gasteiger partial charge on any atom is 0.224 e. The van der Waals surface area contributed by atoms with Crippen LogP contribution in [0.3, 0.4) is 0 Å². The highest BCUT2D eigenvalue weighted by Crippen LogP contribution is 2.23. The molecule has 2 heterocycles. The van der Waals surface area contributed by atoms with Gasteiger partial charge >= 0.3 is 0 Å². The Hall–Kier alpha value is -1.40. The van der Waals surface area contributed by atoms with E-state index in [0.29, 0.717) is 24.2 Å². The summed E-state index contributed by atoms with van der Waals surface area (Å²) in [5, 5.41) is 3.47. The first-order valence-electron chi connectivity index (χ1n) is 7.05. The molecule has 0 aliphatic carbocycles. The molecule has 1 aliphatic heterocycles. The van der Waals surface area contributed by atoms with Crippen LogP contribution in [0.1, 0.15) is 18.4 Å². The summed E-state index contributed by atoms with van der Waals surface area (Å²) in [6, 6.07) is 0. The lowest BCUT2D eigenvalue weighted by Gasteiger charge is -2.29. The van der Waals surface area contributed by atoms with Crippen LogP contribution >= 0.6 is 0 Å². The Balaban J connectivity index is 1.90. The molecule has 1 aliphatic rings. The molecule has 1 fully saturated rings. The van der Waals surface area contributed by atoms with Gasteiger partial charge in [0, 0.05) is 13.1 Å². The van der Waals surface area contributed by atoms with Crippen LogP contribution in [0, 0.1) is 5.92 Å². The Morgan fingerprint density at radius 3 is 2.60 bits per heavy atom. The highest BCUT2D eigenvalue weighted by molar-refractivity contribution is 5.34. The third-order valence-electron chi connectivity index (χ3n) is 3.71. The van der Waals surface area contributed by atoms with E-state index in [2.05, 4.69) is 27.2 Å². The molecule has 1 N–H and O–H groups in total. The minimum absolute atomic E-state index is 0.574. The Kier molecular flexibility index (Phi) is 5.55. The first-order chi connectivity index (χ1) is 9.74. The fraction of sp³-hybridized carbons (Fsp3) is 0.714. The van der Waals surface area contributed by atoms with Gasteiger partial charge in [0.05, 0.1) is 19.8 Å². The van der Waals surface area contributed by atoms with E-state index in [0.717, 1.165) is 18.7 Å². The summed E-state index contributed by atoms with van der Waals surface area (Å²) >= 11 is 0. The minimum Gasteiger partial charge on any atom is -0.481 e. The van der Waals surface area contributed by atoms with Gasteiger partial charge in [-0.2, -0.15) is 0 Å². The van der Waals surface area contributed by atoms with Gasteiger partial charge in [-0.05, 0) is 38.9 Å². The van der Waals surface area contributed by atoms with Crippen molar-refractivity contribution < 1.29 is 9.47 Å². The zero-order valence-electron chi connectivity index (χ0n) is 12.6. The summed E-state index contributed by atoms with van der Waals surface area (Å²) in [6.07, 6.45) is 4.03. The third kappa shape index (κ3) is 3.80. The zero-order chi connectivity index (χ0) is 14.4. The number of methoxy groups -OCH3 is 2. The van der Waals surface area contributed by atoms with Crippen molar-refractivity contribution in [2.24, 2.45) is 5.92 Å². The molecule has 1 saturated heterocycles. The lowest BCUT2D eigenvalue weighted by molar-refractivity contribution is 0.206. The quantitative estimate of drug-likeness (QED) is 0.836. The van der Waals surface area contributed by atoms with Crippen LogP contribution in [0.25, 0.3) is 0 Å². The molecule has 2 rings (SSSR count). The average Bonchev–Trinajstić information content (AvgIpc) is 2.47. The third-order valence-corrected chi connectivity index (χ3v) is 3.71. The summed E-state index contributed by atoms with van der Waals surface area (Å²) in [6.45, 7) is 4.02. The number of hydrogen-bond acceptors (Lipinski definition) is 6. The molecular weight excluding hydrogens is 256 g/mol. The first-order valence-corrected chi connectivity index (χ1v) is 7.05. The monoisotopic (exact) mass is 280 g/mol. The van der Waals surface area contributed by atoms with Crippen LogP contribution in [-0.2, 0) is 6.54 Å².